The number of anilines is 3. The van der Waals surface area contributed by atoms with Crippen LogP contribution in [0.15, 0.2) is 42.9 Å². The van der Waals surface area contributed by atoms with Gasteiger partial charge in [0.1, 0.15) is 11.5 Å². The third-order valence-electron chi connectivity index (χ3n) is 6.78. The van der Waals surface area contributed by atoms with E-state index >= 15 is 0 Å². The molecular formula is C25H29N7O. The van der Waals surface area contributed by atoms with E-state index in [1.807, 2.05) is 36.8 Å². The van der Waals surface area contributed by atoms with Crippen molar-refractivity contribution in [2.45, 2.75) is 57.7 Å². The van der Waals surface area contributed by atoms with E-state index < -0.39 is 0 Å². The normalized spacial score (nSPS) is 21.8. The second-order valence-electron chi connectivity index (χ2n) is 9.35. The summed E-state index contributed by atoms with van der Waals surface area (Å²) in [6, 6.07) is 8.16. The highest BCUT2D eigenvalue weighted by atomic mass is 16.5. The number of fused-ring (bicyclic) bond motifs is 3. The minimum absolute atomic E-state index is 0.215. The first-order valence-electron chi connectivity index (χ1n) is 11.9. The molecule has 2 fully saturated rings. The lowest BCUT2D eigenvalue weighted by atomic mass is 10.1. The van der Waals surface area contributed by atoms with Crippen LogP contribution < -0.4 is 10.2 Å². The Hall–Kier alpha value is -3.26. The van der Waals surface area contributed by atoms with E-state index in [1.165, 1.54) is 31.4 Å². The zero-order chi connectivity index (χ0) is 22.4. The summed E-state index contributed by atoms with van der Waals surface area (Å²) in [5, 5.41) is 4.28. The Kier molecular flexibility index (Phi) is 5.10. The first-order chi connectivity index (χ1) is 16.1. The van der Waals surface area contributed by atoms with Crippen molar-refractivity contribution in [3.63, 3.8) is 0 Å². The van der Waals surface area contributed by atoms with Crippen LogP contribution in [0.5, 0.6) is 0 Å². The van der Waals surface area contributed by atoms with Crippen LogP contribution in [-0.4, -0.2) is 49.6 Å². The Balaban J connectivity index is 1.28. The Morgan fingerprint density at radius 3 is 2.48 bits per heavy atom. The van der Waals surface area contributed by atoms with Gasteiger partial charge in [0.25, 0.3) is 0 Å². The number of pyridine rings is 2. The molecule has 33 heavy (non-hydrogen) atoms. The zero-order valence-electron chi connectivity index (χ0n) is 19.1. The number of imidazole rings is 1. The van der Waals surface area contributed by atoms with E-state index in [9.17, 15) is 0 Å². The lowest BCUT2D eigenvalue weighted by Gasteiger charge is -2.36. The van der Waals surface area contributed by atoms with Gasteiger partial charge in [0.2, 0.25) is 5.95 Å². The van der Waals surface area contributed by atoms with Crippen LogP contribution in [0.4, 0.5) is 17.5 Å². The molecule has 8 nitrogen and oxygen atoms in total. The lowest BCUT2D eigenvalue weighted by molar-refractivity contribution is -0.00523. The van der Waals surface area contributed by atoms with Crippen LogP contribution in [-0.2, 0) is 4.74 Å². The summed E-state index contributed by atoms with van der Waals surface area (Å²) in [4.78, 5) is 21.0. The SMILES string of the molecule is C[C@@H]1CN(c2ccc(Nc3ncc4ccc5ncc(C6CCCC6)n5c4n3)nc2)C[C@H](C)O1. The predicted molar refractivity (Wildman–Crippen MR) is 129 cm³/mol. The molecule has 0 amide bonds. The fourth-order valence-corrected chi connectivity index (χ4v) is 5.29. The summed E-state index contributed by atoms with van der Waals surface area (Å²) in [5.41, 5.74) is 4.18. The summed E-state index contributed by atoms with van der Waals surface area (Å²) in [7, 11) is 0. The molecule has 1 aliphatic heterocycles. The van der Waals surface area contributed by atoms with Crippen molar-refractivity contribution in [1.82, 2.24) is 24.3 Å². The molecule has 0 unspecified atom stereocenters. The molecule has 0 radical (unpaired) electrons. The highest BCUT2D eigenvalue weighted by molar-refractivity contribution is 5.79. The Bertz CT molecular complexity index is 1270. The maximum atomic E-state index is 5.84. The highest BCUT2D eigenvalue weighted by Crippen LogP contribution is 2.35. The maximum Gasteiger partial charge on any atom is 0.230 e. The molecule has 0 spiro atoms. The molecule has 4 aromatic rings. The minimum atomic E-state index is 0.215. The van der Waals surface area contributed by atoms with Gasteiger partial charge in [-0.2, -0.15) is 4.98 Å². The first kappa shape index (κ1) is 20.4. The second-order valence-corrected chi connectivity index (χ2v) is 9.35. The third-order valence-corrected chi connectivity index (χ3v) is 6.78. The molecule has 4 aromatic heterocycles. The van der Waals surface area contributed by atoms with Gasteiger partial charge < -0.3 is 15.0 Å². The molecule has 2 aliphatic rings. The van der Waals surface area contributed by atoms with Crippen molar-refractivity contribution in [3.05, 3.63) is 48.5 Å². The molecule has 0 aromatic carbocycles. The fraction of sp³-hybridized carbons (Fsp3) is 0.440. The zero-order valence-corrected chi connectivity index (χ0v) is 19.1. The highest BCUT2D eigenvalue weighted by Gasteiger charge is 2.23. The van der Waals surface area contributed by atoms with Crippen molar-refractivity contribution in [1.29, 1.82) is 0 Å². The summed E-state index contributed by atoms with van der Waals surface area (Å²) < 4.78 is 8.05. The maximum absolute atomic E-state index is 5.84. The number of rotatable bonds is 4. The number of hydrogen-bond acceptors (Lipinski definition) is 7. The molecule has 1 N–H and O–H groups in total. The molecule has 2 atom stereocenters. The van der Waals surface area contributed by atoms with Gasteiger partial charge in [0.05, 0.1) is 24.1 Å². The van der Waals surface area contributed by atoms with Gasteiger partial charge >= 0.3 is 0 Å². The monoisotopic (exact) mass is 443 g/mol. The van der Waals surface area contributed by atoms with Crippen LogP contribution in [0.25, 0.3) is 16.7 Å². The summed E-state index contributed by atoms with van der Waals surface area (Å²) in [6.45, 7) is 5.96. The van der Waals surface area contributed by atoms with Crippen molar-refractivity contribution >= 4 is 34.1 Å². The van der Waals surface area contributed by atoms with Gasteiger partial charge in [-0.15, -0.1) is 0 Å². The van der Waals surface area contributed by atoms with E-state index in [0.717, 1.165) is 41.3 Å². The number of aromatic nitrogens is 5. The molecule has 170 valence electrons. The van der Waals surface area contributed by atoms with Crippen molar-refractivity contribution in [2.24, 2.45) is 0 Å². The fourth-order valence-electron chi connectivity index (χ4n) is 5.29. The Morgan fingerprint density at radius 2 is 1.73 bits per heavy atom. The largest absolute Gasteiger partial charge is 0.372 e. The second kappa shape index (κ2) is 8.26. The summed E-state index contributed by atoms with van der Waals surface area (Å²) in [5.74, 6) is 1.81. The predicted octanol–water partition coefficient (Wildman–Crippen LogP) is 4.69. The molecular weight excluding hydrogens is 414 g/mol. The van der Waals surface area contributed by atoms with Crippen LogP contribution >= 0.6 is 0 Å². The summed E-state index contributed by atoms with van der Waals surface area (Å²) in [6.07, 6.45) is 11.2. The van der Waals surface area contributed by atoms with E-state index in [0.29, 0.717) is 11.9 Å². The number of nitrogens with zero attached hydrogens (tertiary/aromatic N) is 6. The van der Waals surface area contributed by atoms with Gasteiger partial charge in [0.15, 0.2) is 5.65 Å². The quantitative estimate of drug-likeness (QED) is 0.490. The van der Waals surface area contributed by atoms with Crippen molar-refractivity contribution < 1.29 is 4.74 Å². The van der Waals surface area contributed by atoms with Crippen LogP contribution in [0.1, 0.15) is 51.1 Å². The molecule has 1 aliphatic carbocycles. The van der Waals surface area contributed by atoms with Gasteiger partial charge in [-0.3, -0.25) is 4.40 Å². The van der Waals surface area contributed by atoms with E-state index in [2.05, 4.69) is 49.5 Å². The standard InChI is InChI=1S/C25H29N7O/c1-16-14-31(15-17(2)33-16)20-8-9-22(26-12-20)29-25-28-11-19-7-10-23-27-13-21(18-5-3-4-6-18)32(23)24(19)30-25/h7-13,16-18H,3-6,14-15H2,1-2H3,(H,26,28,29,30)/t16-,17+. The average Bonchev–Trinajstić information content (AvgIpc) is 3.49. The molecule has 1 saturated carbocycles. The molecule has 5 heterocycles. The number of hydrogen-bond donors (Lipinski definition) is 1. The number of nitrogens with one attached hydrogen (secondary N) is 1. The van der Waals surface area contributed by atoms with Gasteiger partial charge in [0, 0.05) is 42.5 Å². The lowest BCUT2D eigenvalue weighted by Crippen LogP contribution is -2.45. The van der Waals surface area contributed by atoms with Gasteiger partial charge in [-0.25, -0.2) is 15.0 Å². The molecule has 1 saturated heterocycles. The smallest absolute Gasteiger partial charge is 0.230 e. The van der Waals surface area contributed by atoms with E-state index in [-0.39, 0.29) is 12.2 Å². The molecule has 6 rings (SSSR count). The minimum Gasteiger partial charge on any atom is -0.372 e. The topological polar surface area (TPSA) is 80.5 Å². The van der Waals surface area contributed by atoms with Gasteiger partial charge in [-0.1, -0.05) is 12.8 Å². The number of morpholine rings is 1. The summed E-state index contributed by atoms with van der Waals surface area (Å²) >= 11 is 0. The van der Waals surface area contributed by atoms with E-state index in [4.69, 9.17) is 9.72 Å². The Labute approximate surface area is 193 Å². The van der Waals surface area contributed by atoms with Crippen LogP contribution in [0, 0.1) is 0 Å². The molecule has 0 bridgehead atoms. The number of ether oxygens (including phenoxy) is 1. The van der Waals surface area contributed by atoms with Crippen LogP contribution in [0.3, 0.4) is 0 Å². The average molecular weight is 444 g/mol. The van der Waals surface area contributed by atoms with Crippen molar-refractivity contribution in [3.8, 4) is 0 Å². The third kappa shape index (κ3) is 3.88. The van der Waals surface area contributed by atoms with Crippen molar-refractivity contribution in [2.75, 3.05) is 23.3 Å². The van der Waals surface area contributed by atoms with E-state index in [1.54, 1.807) is 0 Å². The Morgan fingerprint density at radius 1 is 0.909 bits per heavy atom. The van der Waals surface area contributed by atoms with Crippen LogP contribution in [0.2, 0.25) is 0 Å². The first-order valence-corrected chi connectivity index (χ1v) is 11.9. The van der Waals surface area contributed by atoms with Gasteiger partial charge in [-0.05, 0) is 51.0 Å². The molecule has 8 heteroatoms.